The predicted octanol–water partition coefficient (Wildman–Crippen LogP) is 2.01. The number of amides is 1. The quantitative estimate of drug-likeness (QED) is 0.841. The SMILES string of the molecule is Cc1ncc2c(n1)CN(C(=O)c1cc(Cl)c(O)cc1O)C2. The Hall–Kier alpha value is -2.34. The molecule has 1 aromatic carbocycles. The third-order valence-corrected chi connectivity index (χ3v) is 3.66. The minimum Gasteiger partial charge on any atom is -0.507 e. The van der Waals surface area contributed by atoms with E-state index in [-0.39, 0.29) is 28.0 Å². The molecule has 0 saturated heterocycles. The normalized spacial score (nSPS) is 13.3. The average Bonchev–Trinajstić information content (AvgIpc) is 2.85. The van der Waals surface area contributed by atoms with E-state index in [9.17, 15) is 15.0 Å². The number of carbonyl (C=O) groups is 1. The molecule has 21 heavy (non-hydrogen) atoms. The third kappa shape index (κ3) is 2.38. The number of halogens is 1. The van der Waals surface area contributed by atoms with Crippen LogP contribution in [0.5, 0.6) is 11.5 Å². The summed E-state index contributed by atoms with van der Waals surface area (Å²) >= 11 is 5.79. The molecule has 1 aromatic heterocycles. The van der Waals surface area contributed by atoms with Crippen LogP contribution in [0.3, 0.4) is 0 Å². The number of phenols is 2. The molecule has 0 radical (unpaired) electrons. The number of phenolic OH excluding ortho intramolecular Hbond substituents is 2. The zero-order valence-corrected chi connectivity index (χ0v) is 11.9. The van der Waals surface area contributed by atoms with E-state index in [0.29, 0.717) is 18.9 Å². The topological polar surface area (TPSA) is 86.6 Å². The first-order chi connectivity index (χ1) is 9.95. The van der Waals surface area contributed by atoms with Gasteiger partial charge in [-0.1, -0.05) is 11.6 Å². The van der Waals surface area contributed by atoms with E-state index in [1.807, 2.05) is 0 Å². The fourth-order valence-corrected chi connectivity index (χ4v) is 2.45. The number of aryl methyl sites for hydroxylation is 1. The van der Waals surface area contributed by atoms with Crippen molar-refractivity contribution < 1.29 is 15.0 Å². The Bertz CT molecular complexity index is 748. The van der Waals surface area contributed by atoms with E-state index in [0.717, 1.165) is 17.3 Å². The average molecular weight is 306 g/mol. The number of fused-ring (bicyclic) bond motifs is 1. The Morgan fingerprint density at radius 3 is 2.81 bits per heavy atom. The fourth-order valence-electron chi connectivity index (χ4n) is 2.29. The molecule has 0 aliphatic carbocycles. The van der Waals surface area contributed by atoms with Gasteiger partial charge in [0.1, 0.15) is 17.3 Å². The lowest BCUT2D eigenvalue weighted by atomic mass is 10.1. The zero-order valence-electron chi connectivity index (χ0n) is 11.2. The highest BCUT2D eigenvalue weighted by molar-refractivity contribution is 6.32. The molecule has 3 rings (SSSR count). The number of aromatic nitrogens is 2. The number of hydrogen-bond acceptors (Lipinski definition) is 5. The Morgan fingerprint density at radius 1 is 1.29 bits per heavy atom. The number of rotatable bonds is 1. The molecule has 0 unspecified atom stereocenters. The van der Waals surface area contributed by atoms with E-state index >= 15 is 0 Å². The molecule has 1 amide bonds. The monoisotopic (exact) mass is 305 g/mol. The third-order valence-electron chi connectivity index (χ3n) is 3.36. The van der Waals surface area contributed by atoms with Crippen molar-refractivity contribution in [2.45, 2.75) is 20.0 Å². The second-order valence-corrected chi connectivity index (χ2v) is 5.28. The van der Waals surface area contributed by atoms with Crippen molar-refractivity contribution in [3.05, 3.63) is 46.0 Å². The van der Waals surface area contributed by atoms with E-state index in [1.54, 1.807) is 18.0 Å². The second kappa shape index (κ2) is 4.89. The molecule has 2 N–H and O–H groups in total. The van der Waals surface area contributed by atoms with E-state index in [4.69, 9.17) is 11.6 Å². The number of hydrogen-bond donors (Lipinski definition) is 2. The summed E-state index contributed by atoms with van der Waals surface area (Å²) in [6.07, 6.45) is 1.70. The summed E-state index contributed by atoms with van der Waals surface area (Å²) in [6, 6.07) is 2.32. The van der Waals surface area contributed by atoms with Gasteiger partial charge in [0.2, 0.25) is 0 Å². The fraction of sp³-hybridized carbons (Fsp3) is 0.214. The maximum atomic E-state index is 12.5. The van der Waals surface area contributed by atoms with Crippen molar-refractivity contribution >= 4 is 17.5 Å². The molecule has 1 aliphatic heterocycles. The molecule has 6 nitrogen and oxygen atoms in total. The van der Waals surface area contributed by atoms with E-state index in [2.05, 4.69) is 9.97 Å². The zero-order chi connectivity index (χ0) is 15.1. The highest BCUT2D eigenvalue weighted by Crippen LogP contribution is 2.33. The molecule has 2 aromatic rings. The predicted molar refractivity (Wildman–Crippen MR) is 75.1 cm³/mol. The smallest absolute Gasteiger partial charge is 0.258 e. The maximum Gasteiger partial charge on any atom is 0.258 e. The van der Waals surface area contributed by atoms with Crippen molar-refractivity contribution in [3.63, 3.8) is 0 Å². The first-order valence-electron chi connectivity index (χ1n) is 6.28. The minimum absolute atomic E-state index is 0.0171. The van der Waals surface area contributed by atoms with Crippen LogP contribution >= 0.6 is 11.6 Å². The lowest BCUT2D eigenvalue weighted by molar-refractivity contribution is 0.0747. The van der Waals surface area contributed by atoms with Crippen LogP contribution in [0.1, 0.15) is 27.4 Å². The van der Waals surface area contributed by atoms with E-state index < -0.39 is 0 Å². The first kappa shape index (κ1) is 13.6. The molecule has 7 heteroatoms. The molecule has 0 bridgehead atoms. The van der Waals surface area contributed by atoms with Crippen LogP contribution in [0.2, 0.25) is 5.02 Å². The van der Waals surface area contributed by atoms with Crippen LogP contribution in [0.4, 0.5) is 0 Å². The summed E-state index contributed by atoms with van der Waals surface area (Å²) in [4.78, 5) is 22.4. The van der Waals surface area contributed by atoms with Gasteiger partial charge in [-0.3, -0.25) is 4.79 Å². The lowest BCUT2D eigenvalue weighted by Gasteiger charge is -2.16. The van der Waals surface area contributed by atoms with Gasteiger partial charge in [0.25, 0.3) is 5.91 Å². The molecule has 1 aliphatic rings. The van der Waals surface area contributed by atoms with Crippen molar-refractivity contribution in [1.82, 2.24) is 14.9 Å². The number of carbonyl (C=O) groups excluding carboxylic acids is 1. The number of nitrogens with zero attached hydrogens (tertiary/aromatic N) is 3. The summed E-state index contributed by atoms with van der Waals surface area (Å²) in [5, 5.41) is 19.2. The van der Waals surface area contributed by atoms with Gasteiger partial charge in [-0.05, 0) is 13.0 Å². The maximum absolute atomic E-state index is 12.5. The summed E-state index contributed by atoms with van der Waals surface area (Å²) in [6.45, 7) is 2.53. The molecule has 0 fully saturated rings. The van der Waals surface area contributed by atoms with Gasteiger partial charge in [-0.25, -0.2) is 9.97 Å². The molecular weight excluding hydrogens is 294 g/mol. The van der Waals surface area contributed by atoms with Gasteiger partial charge in [0.15, 0.2) is 0 Å². The summed E-state index contributed by atoms with van der Waals surface area (Å²) < 4.78 is 0. The van der Waals surface area contributed by atoms with Crippen molar-refractivity contribution in [2.75, 3.05) is 0 Å². The van der Waals surface area contributed by atoms with Crippen molar-refractivity contribution in [2.24, 2.45) is 0 Å². The Morgan fingerprint density at radius 2 is 2.05 bits per heavy atom. The first-order valence-corrected chi connectivity index (χ1v) is 6.65. The molecule has 108 valence electrons. The Balaban J connectivity index is 1.90. The Kier molecular flexibility index (Phi) is 3.17. The van der Waals surface area contributed by atoms with Crippen LogP contribution in [0.25, 0.3) is 0 Å². The molecule has 2 heterocycles. The standard InChI is InChI=1S/C14H12ClN3O3/c1-7-16-4-8-5-18(6-11(8)17-7)14(21)9-2-10(15)13(20)3-12(9)19/h2-4,19-20H,5-6H2,1H3. The van der Waals surface area contributed by atoms with E-state index in [1.165, 1.54) is 6.07 Å². The van der Waals surface area contributed by atoms with Crippen LogP contribution in [0.15, 0.2) is 18.3 Å². The minimum atomic E-state index is -0.370. The van der Waals surface area contributed by atoms with Crippen LogP contribution in [-0.4, -0.2) is 31.0 Å². The van der Waals surface area contributed by atoms with Crippen LogP contribution in [0, 0.1) is 6.92 Å². The largest absolute Gasteiger partial charge is 0.507 e. The second-order valence-electron chi connectivity index (χ2n) is 4.87. The summed E-state index contributed by atoms with van der Waals surface area (Å²) in [5.41, 5.74) is 1.74. The highest BCUT2D eigenvalue weighted by atomic mass is 35.5. The van der Waals surface area contributed by atoms with Gasteiger partial charge in [-0.15, -0.1) is 0 Å². The molecule has 0 saturated carbocycles. The lowest BCUT2D eigenvalue weighted by Crippen LogP contribution is -2.25. The summed E-state index contributed by atoms with van der Waals surface area (Å²) in [5.74, 6) is -0.291. The van der Waals surface area contributed by atoms with Crippen molar-refractivity contribution in [1.29, 1.82) is 0 Å². The van der Waals surface area contributed by atoms with Gasteiger partial charge in [-0.2, -0.15) is 0 Å². The van der Waals surface area contributed by atoms with Gasteiger partial charge in [0, 0.05) is 24.4 Å². The Labute approximate surface area is 125 Å². The molecule has 0 atom stereocenters. The highest BCUT2D eigenvalue weighted by Gasteiger charge is 2.27. The van der Waals surface area contributed by atoms with Gasteiger partial charge < -0.3 is 15.1 Å². The molecule has 0 spiro atoms. The number of aromatic hydroxyl groups is 2. The number of benzene rings is 1. The summed E-state index contributed by atoms with van der Waals surface area (Å²) in [7, 11) is 0. The van der Waals surface area contributed by atoms with Crippen LogP contribution < -0.4 is 0 Å². The van der Waals surface area contributed by atoms with Gasteiger partial charge in [0.05, 0.1) is 22.8 Å². The van der Waals surface area contributed by atoms with Crippen molar-refractivity contribution in [3.8, 4) is 11.5 Å². The van der Waals surface area contributed by atoms with Gasteiger partial charge >= 0.3 is 0 Å². The van der Waals surface area contributed by atoms with Crippen LogP contribution in [-0.2, 0) is 13.1 Å². The molecular formula is C14H12ClN3O3.